The molecule has 0 radical (unpaired) electrons. The standard InChI is InChI=1S/C56H65ClN7O8PS2/c1-38(2)63-39(3)55(75(4,71)72)53(54(63)41-13-17-44(57)18-14-41)43-9-8-10-47(35-43)61-33-31-60(32-34-61)46-19-15-40(16-20-46)52-26-30-62(67)73(52,70)48-21-22-50(51(36-48)64(68)69)58-45(37-74-49-11-6-5-7-12-49)25-29-59-27-23-42(24-28-59)56(65)66/h5-22,35-36,38,42,45,52,58,67H,23-34,37H2,1-4H3,(H,65,66)/t45-,52-,73?/m1/s1. The number of hydrogen-bond acceptors (Lipinski definition) is 12. The van der Waals surface area contributed by atoms with Crippen LogP contribution < -0.4 is 20.4 Å². The van der Waals surface area contributed by atoms with Gasteiger partial charge in [-0.05, 0) is 137 Å². The molecule has 5 aromatic carbocycles. The smallest absolute Gasteiger partial charge is 0.306 e. The molecule has 3 fully saturated rings. The summed E-state index contributed by atoms with van der Waals surface area (Å²) in [5.74, 6) is -0.475. The summed E-state index contributed by atoms with van der Waals surface area (Å²) in [6, 6.07) is 37.9. The van der Waals surface area contributed by atoms with E-state index in [2.05, 4.69) is 50.6 Å². The van der Waals surface area contributed by atoms with E-state index in [1.54, 1.807) is 23.9 Å². The van der Waals surface area contributed by atoms with E-state index in [0.29, 0.717) is 104 Å². The lowest BCUT2D eigenvalue weighted by molar-refractivity contribution is -0.383. The van der Waals surface area contributed by atoms with Crippen molar-refractivity contribution >= 4 is 74.5 Å². The van der Waals surface area contributed by atoms with Gasteiger partial charge in [0, 0.05) is 107 Å². The third-order valence-corrected chi connectivity index (χ3v) is 21.0. The predicted molar refractivity (Wildman–Crippen MR) is 302 cm³/mol. The monoisotopic (exact) mass is 1090 g/mol. The van der Waals surface area contributed by atoms with Crippen LogP contribution in [-0.2, 0) is 19.2 Å². The van der Waals surface area contributed by atoms with Crippen molar-refractivity contribution < 1.29 is 33.0 Å². The van der Waals surface area contributed by atoms with Gasteiger partial charge >= 0.3 is 5.97 Å². The zero-order valence-corrected chi connectivity index (χ0v) is 46.0. The number of sulfone groups is 1. The Bertz CT molecular complexity index is 3180. The molecule has 3 N–H and O–H groups in total. The number of aromatic nitrogens is 1. The van der Waals surface area contributed by atoms with Gasteiger partial charge in [-0.15, -0.1) is 16.6 Å². The molecule has 0 amide bonds. The lowest BCUT2D eigenvalue weighted by Crippen LogP contribution is -2.46. The Labute approximate surface area is 448 Å². The highest BCUT2D eigenvalue weighted by Crippen LogP contribution is 2.66. The molecule has 19 heteroatoms. The maximum absolute atomic E-state index is 15.2. The number of hydrogen-bond donors (Lipinski definition) is 3. The summed E-state index contributed by atoms with van der Waals surface area (Å²) < 4.78 is 44.5. The molecule has 3 aliphatic heterocycles. The number of piperazine rings is 1. The van der Waals surface area contributed by atoms with Gasteiger partial charge in [-0.3, -0.25) is 19.5 Å². The summed E-state index contributed by atoms with van der Waals surface area (Å²) in [7, 11) is -7.41. The van der Waals surface area contributed by atoms with Crippen molar-refractivity contribution in [3.63, 3.8) is 0 Å². The maximum atomic E-state index is 15.2. The first-order chi connectivity index (χ1) is 35.9. The number of carbonyl (C=O) groups is 1. The highest BCUT2D eigenvalue weighted by Gasteiger charge is 2.47. The van der Waals surface area contributed by atoms with Crippen LogP contribution in [0.5, 0.6) is 0 Å². The minimum absolute atomic E-state index is 0.0117. The Balaban J connectivity index is 0.899. The van der Waals surface area contributed by atoms with Gasteiger partial charge in [0.15, 0.2) is 9.84 Å². The SMILES string of the molecule is Cc1c(S(C)(=O)=O)c(-c2cccc(N3CCN(c4ccc([C@H]5CCN(O)P5(=O)c5ccc(N[C@H](CCN6CCC(C(=O)O)CC6)CSc6ccccc6)c([N+](=O)[O-])c5)cc4)CC3)c2)c(-c2ccc(Cl)cc2)n1C(C)C. The van der Waals surface area contributed by atoms with Crippen LogP contribution in [0.4, 0.5) is 22.7 Å². The molecule has 3 aliphatic rings. The normalized spacial score (nSPS) is 19.4. The number of hydroxylamine groups is 1. The van der Waals surface area contributed by atoms with E-state index in [4.69, 9.17) is 11.6 Å². The molecule has 1 unspecified atom stereocenters. The Kier molecular flexibility index (Phi) is 16.5. The number of aliphatic carboxylic acids is 1. The molecular weight excluding hydrogens is 1030 g/mol. The number of carboxylic acid groups (broad SMARTS) is 1. The molecule has 9 rings (SSSR count). The van der Waals surface area contributed by atoms with Gasteiger partial charge in [-0.25, -0.2) is 8.42 Å². The lowest BCUT2D eigenvalue weighted by atomic mass is 9.97. The number of anilines is 3. The molecule has 0 aliphatic carbocycles. The molecule has 15 nitrogen and oxygen atoms in total. The first-order valence-electron chi connectivity index (χ1n) is 25.6. The molecular formula is C56H65ClN7O8PS2. The van der Waals surface area contributed by atoms with Crippen LogP contribution in [0, 0.1) is 23.0 Å². The number of carboxylic acids is 1. The molecule has 0 saturated carbocycles. The van der Waals surface area contributed by atoms with E-state index in [1.807, 2.05) is 97.9 Å². The number of piperidine rings is 1. The van der Waals surface area contributed by atoms with Crippen molar-refractivity contribution in [2.75, 3.05) is 79.5 Å². The van der Waals surface area contributed by atoms with Crippen molar-refractivity contribution in [1.29, 1.82) is 0 Å². The molecule has 3 atom stereocenters. The number of nitrogens with one attached hydrogen (secondary N) is 1. The highest BCUT2D eigenvalue weighted by atomic mass is 35.5. The molecule has 3 saturated heterocycles. The molecule has 4 heterocycles. The van der Waals surface area contributed by atoms with Gasteiger partial charge in [-0.2, -0.15) is 0 Å². The van der Waals surface area contributed by atoms with Gasteiger partial charge in [0.05, 0.1) is 27.1 Å². The third kappa shape index (κ3) is 11.7. The minimum atomic E-state index is -3.78. The number of benzene rings is 5. The molecule has 75 heavy (non-hydrogen) atoms. The van der Waals surface area contributed by atoms with Crippen LogP contribution in [0.3, 0.4) is 0 Å². The van der Waals surface area contributed by atoms with E-state index in [1.165, 1.54) is 12.3 Å². The zero-order chi connectivity index (χ0) is 53.2. The number of nitro benzene ring substituents is 1. The van der Waals surface area contributed by atoms with E-state index < -0.39 is 33.7 Å². The Hall–Kier alpha value is -5.65. The maximum Gasteiger partial charge on any atom is 0.306 e. The van der Waals surface area contributed by atoms with Crippen molar-refractivity contribution in [2.24, 2.45) is 5.92 Å². The predicted octanol–water partition coefficient (Wildman–Crippen LogP) is 11.5. The lowest BCUT2D eigenvalue weighted by Gasteiger charge is -2.37. The highest BCUT2D eigenvalue weighted by molar-refractivity contribution is 7.99. The number of thioether (sulfide) groups is 1. The first kappa shape index (κ1) is 54.2. The molecule has 0 spiro atoms. The second-order valence-electron chi connectivity index (χ2n) is 20.2. The zero-order valence-electron chi connectivity index (χ0n) is 42.7. The Morgan fingerprint density at radius 2 is 1.51 bits per heavy atom. The summed E-state index contributed by atoms with van der Waals surface area (Å²) >= 11 is 7.95. The number of rotatable bonds is 18. The fraction of sp³-hybridized carbons (Fsp3) is 0.375. The third-order valence-electron chi connectivity index (χ3n) is 15.0. The molecule has 396 valence electrons. The summed E-state index contributed by atoms with van der Waals surface area (Å²) in [6.07, 6.45) is 3.51. The average Bonchev–Trinajstić information content (AvgIpc) is 3.90. The van der Waals surface area contributed by atoms with Crippen molar-refractivity contribution in [1.82, 2.24) is 14.3 Å². The van der Waals surface area contributed by atoms with Crippen molar-refractivity contribution in [3.8, 4) is 22.4 Å². The first-order valence-corrected chi connectivity index (χ1v) is 30.5. The van der Waals surface area contributed by atoms with Crippen LogP contribution in [0.1, 0.15) is 62.5 Å². The molecule has 1 aromatic heterocycles. The second-order valence-corrected chi connectivity index (χ2v) is 26.5. The Morgan fingerprint density at radius 3 is 2.13 bits per heavy atom. The second kappa shape index (κ2) is 22.9. The minimum Gasteiger partial charge on any atom is -0.481 e. The Morgan fingerprint density at radius 1 is 0.840 bits per heavy atom. The average molecular weight is 1090 g/mol. The number of nitrogens with zero attached hydrogens (tertiary/aromatic N) is 6. The van der Waals surface area contributed by atoms with Crippen LogP contribution in [0.15, 0.2) is 131 Å². The summed E-state index contributed by atoms with van der Waals surface area (Å²) in [5, 5.41) is 37.9. The number of nitro groups is 1. The summed E-state index contributed by atoms with van der Waals surface area (Å²) in [4.78, 5) is 33.0. The van der Waals surface area contributed by atoms with Crippen LogP contribution >= 0.6 is 30.7 Å². The van der Waals surface area contributed by atoms with E-state index in [-0.39, 0.29) is 35.5 Å². The van der Waals surface area contributed by atoms with E-state index >= 15 is 4.57 Å². The van der Waals surface area contributed by atoms with Gasteiger partial charge in [0.1, 0.15) is 5.69 Å². The van der Waals surface area contributed by atoms with Crippen LogP contribution in [0.25, 0.3) is 22.4 Å². The number of likely N-dealkylation sites (tertiary alicyclic amines) is 1. The fourth-order valence-corrected chi connectivity index (χ4v) is 16.5. The summed E-state index contributed by atoms with van der Waals surface area (Å²) in [5.41, 5.74) is 6.13. The van der Waals surface area contributed by atoms with Gasteiger partial charge in [0.25, 0.3) is 5.69 Å². The fourth-order valence-electron chi connectivity index (χ4n) is 11.2. The number of halogens is 1. The van der Waals surface area contributed by atoms with Gasteiger partial charge in [0.2, 0.25) is 7.29 Å². The van der Waals surface area contributed by atoms with Gasteiger partial charge < -0.3 is 34.9 Å². The van der Waals surface area contributed by atoms with Crippen molar-refractivity contribution in [2.45, 2.75) is 74.0 Å². The quantitative estimate of drug-likeness (QED) is 0.0320. The van der Waals surface area contributed by atoms with Gasteiger partial charge in [-0.1, -0.05) is 66.2 Å². The molecule has 6 aromatic rings. The largest absolute Gasteiger partial charge is 0.481 e. The molecule has 0 bridgehead atoms. The van der Waals surface area contributed by atoms with Crippen LogP contribution in [-0.4, -0.2) is 114 Å². The van der Waals surface area contributed by atoms with E-state index in [9.17, 15) is 33.6 Å². The van der Waals surface area contributed by atoms with Crippen LogP contribution in [0.2, 0.25) is 5.02 Å². The van der Waals surface area contributed by atoms with E-state index in [0.717, 1.165) is 43.5 Å². The van der Waals surface area contributed by atoms with Crippen molar-refractivity contribution in [3.05, 3.63) is 148 Å². The summed E-state index contributed by atoms with van der Waals surface area (Å²) in [6.45, 7) is 11.0. The topological polar surface area (TPSA) is 182 Å².